The molecular formula is C14H22ClN3O3S. The van der Waals surface area contributed by atoms with Crippen LogP contribution in [-0.2, 0) is 16.4 Å². The van der Waals surface area contributed by atoms with Crippen molar-refractivity contribution < 1.29 is 13.2 Å². The Kier molecular flexibility index (Phi) is 6.65. The number of carbonyl (C=O) groups is 1. The number of hydrogen-bond donors (Lipinski definition) is 2. The van der Waals surface area contributed by atoms with Crippen LogP contribution in [-0.4, -0.2) is 46.8 Å². The molecule has 0 bridgehead atoms. The first-order chi connectivity index (χ1) is 9.93. The number of anilines is 1. The summed E-state index contributed by atoms with van der Waals surface area (Å²) < 4.78 is 24.7. The molecule has 2 rings (SSSR count). The van der Waals surface area contributed by atoms with E-state index in [2.05, 4.69) is 10.6 Å². The van der Waals surface area contributed by atoms with Crippen LogP contribution in [0.15, 0.2) is 18.2 Å². The van der Waals surface area contributed by atoms with Gasteiger partial charge in [0.15, 0.2) is 0 Å². The summed E-state index contributed by atoms with van der Waals surface area (Å²) in [5, 5.41) is 5.96. The molecule has 0 saturated carbocycles. The van der Waals surface area contributed by atoms with Crippen LogP contribution >= 0.6 is 12.4 Å². The fourth-order valence-corrected chi connectivity index (χ4v) is 3.36. The van der Waals surface area contributed by atoms with Gasteiger partial charge in [-0.2, -0.15) is 0 Å². The summed E-state index contributed by atoms with van der Waals surface area (Å²) in [6, 6.07) is 5.16. The third-order valence-corrected chi connectivity index (χ3v) is 4.61. The third-order valence-electron chi connectivity index (χ3n) is 3.43. The topological polar surface area (TPSA) is 78.5 Å². The van der Waals surface area contributed by atoms with Crippen molar-refractivity contribution in [1.29, 1.82) is 0 Å². The summed E-state index contributed by atoms with van der Waals surface area (Å²) in [4.78, 5) is 12.0. The summed E-state index contributed by atoms with van der Waals surface area (Å²) >= 11 is 0. The Morgan fingerprint density at radius 1 is 1.32 bits per heavy atom. The quantitative estimate of drug-likeness (QED) is 0.745. The van der Waals surface area contributed by atoms with Crippen LogP contribution in [0, 0.1) is 0 Å². The SMILES string of the molecule is CCNCCNC(=O)c1ccc2c(c1)CCN2S(C)(=O)=O.Cl. The molecule has 1 heterocycles. The number of fused-ring (bicyclic) bond motifs is 1. The Hall–Kier alpha value is -1.31. The van der Waals surface area contributed by atoms with Crippen LogP contribution in [0.1, 0.15) is 22.8 Å². The Labute approximate surface area is 137 Å². The molecule has 8 heteroatoms. The Balaban J connectivity index is 0.00000242. The molecule has 0 aromatic heterocycles. The lowest BCUT2D eigenvalue weighted by molar-refractivity contribution is 0.0954. The average Bonchev–Trinajstić information content (AvgIpc) is 2.86. The number of hydrogen-bond acceptors (Lipinski definition) is 4. The number of carbonyl (C=O) groups excluding carboxylic acids is 1. The molecule has 124 valence electrons. The lowest BCUT2D eigenvalue weighted by atomic mass is 10.1. The second kappa shape index (κ2) is 7.80. The predicted molar refractivity (Wildman–Crippen MR) is 90.5 cm³/mol. The minimum absolute atomic E-state index is 0. The standard InChI is InChI=1S/C14H21N3O3S.ClH/c1-3-15-7-8-16-14(18)12-4-5-13-11(10-12)6-9-17(13)21(2,19)20;/h4-5,10,15H,3,6-9H2,1-2H3,(H,16,18);1H. The first-order valence-electron chi connectivity index (χ1n) is 7.03. The van der Waals surface area contributed by atoms with E-state index in [4.69, 9.17) is 0 Å². The first kappa shape index (κ1) is 18.7. The number of sulfonamides is 1. The molecule has 0 spiro atoms. The minimum atomic E-state index is -3.25. The van der Waals surface area contributed by atoms with Crippen molar-refractivity contribution in [3.05, 3.63) is 29.3 Å². The summed E-state index contributed by atoms with van der Waals surface area (Å²) in [6.45, 7) is 4.62. The fourth-order valence-electron chi connectivity index (χ4n) is 2.40. The second-order valence-corrected chi connectivity index (χ2v) is 6.94. The van der Waals surface area contributed by atoms with Crippen LogP contribution in [0.25, 0.3) is 0 Å². The summed E-state index contributed by atoms with van der Waals surface area (Å²) in [6.07, 6.45) is 1.84. The highest BCUT2D eigenvalue weighted by Crippen LogP contribution is 2.30. The highest BCUT2D eigenvalue weighted by molar-refractivity contribution is 7.92. The lowest BCUT2D eigenvalue weighted by Crippen LogP contribution is -2.31. The van der Waals surface area contributed by atoms with E-state index in [-0.39, 0.29) is 18.3 Å². The van der Waals surface area contributed by atoms with E-state index in [1.165, 1.54) is 10.6 Å². The van der Waals surface area contributed by atoms with Gasteiger partial charge in [-0.15, -0.1) is 12.4 Å². The number of amides is 1. The van der Waals surface area contributed by atoms with E-state index in [1.54, 1.807) is 18.2 Å². The lowest BCUT2D eigenvalue weighted by Gasteiger charge is -2.16. The fraction of sp³-hybridized carbons (Fsp3) is 0.500. The molecule has 0 saturated heterocycles. The number of likely N-dealkylation sites (N-methyl/N-ethyl adjacent to an activating group) is 1. The molecule has 0 fully saturated rings. The van der Waals surface area contributed by atoms with Crippen LogP contribution in [0.3, 0.4) is 0 Å². The van der Waals surface area contributed by atoms with Gasteiger partial charge in [0.2, 0.25) is 10.0 Å². The number of halogens is 1. The van der Waals surface area contributed by atoms with Gasteiger partial charge in [-0.1, -0.05) is 6.92 Å². The predicted octanol–water partition coefficient (Wildman–Crippen LogP) is 0.770. The molecule has 6 nitrogen and oxygen atoms in total. The van der Waals surface area contributed by atoms with Crippen molar-refractivity contribution >= 4 is 34.0 Å². The highest BCUT2D eigenvalue weighted by Gasteiger charge is 2.26. The van der Waals surface area contributed by atoms with Gasteiger partial charge in [-0.3, -0.25) is 9.10 Å². The number of benzene rings is 1. The number of rotatable bonds is 6. The van der Waals surface area contributed by atoms with E-state index in [1.807, 2.05) is 6.92 Å². The zero-order valence-corrected chi connectivity index (χ0v) is 14.4. The van der Waals surface area contributed by atoms with E-state index < -0.39 is 10.0 Å². The molecule has 1 aromatic carbocycles. The smallest absolute Gasteiger partial charge is 0.251 e. The van der Waals surface area contributed by atoms with Crippen molar-refractivity contribution in [2.45, 2.75) is 13.3 Å². The average molecular weight is 348 g/mol. The van der Waals surface area contributed by atoms with Crippen LogP contribution in [0.5, 0.6) is 0 Å². The van der Waals surface area contributed by atoms with Crippen molar-refractivity contribution in [3.8, 4) is 0 Å². The molecule has 1 aliphatic heterocycles. The van der Waals surface area contributed by atoms with E-state index >= 15 is 0 Å². The third kappa shape index (κ3) is 4.34. The zero-order chi connectivity index (χ0) is 15.5. The minimum Gasteiger partial charge on any atom is -0.351 e. The van der Waals surface area contributed by atoms with E-state index in [0.717, 1.165) is 18.7 Å². The van der Waals surface area contributed by atoms with Gasteiger partial charge in [0, 0.05) is 25.2 Å². The molecule has 1 aliphatic rings. The summed E-state index contributed by atoms with van der Waals surface area (Å²) in [5.41, 5.74) is 2.15. The summed E-state index contributed by atoms with van der Waals surface area (Å²) in [5.74, 6) is -0.131. The highest BCUT2D eigenvalue weighted by atomic mass is 35.5. The Morgan fingerprint density at radius 2 is 2.05 bits per heavy atom. The molecule has 0 radical (unpaired) electrons. The molecule has 22 heavy (non-hydrogen) atoms. The van der Waals surface area contributed by atoms with Crippen molar-refractivity contribution in [1.82, 2.24) is 10.6 Å². The van der Waals surface area contributed by atoms with Gasteiger partial charge >= 0.3 is 0 Å². The zero-order valence-electron chi connectivity index (χ0n) is 12.8. The van der Waals surface area contributed by atoms with Gasteiger partial charge in [0.05, 0.1) is 11.9 Å². The normalized spacial score (nSPS) is 13.5. The number of nitrogens with zero attached hydrogens (tertiary/aromatic N) is 1. The number of nitrogens with one attached hydrogen (secondary N) is 2. The largest absolute Gasteiger partial charge is 0.351 e. The maximum Gasteiger partial charge on any atom is 0.251 e. The molecule has 1 amide bonds. The van der Waals surface area contributed by atoms with Crippen molar-refractivity contribution in [3.63, 3.8) is 0 Å². The van der Waals surface area contributed by atoms with Gasteiger partial charge in [-0.25, -0.2) is 8.42 Å². The van der Waals surface area contributed by atoms with Gasteiger partial charge in [0.25, 0.3) is 5.91 Å². The van der Waals surface area contributed by atoms with E-state index in [0.29, 0.717) is 30.8 Å². The maximum absolute atomic E-state index is 12.0. The van der Waals surface area contributed by atoms with Gasteiger partial charge in [0.1, 0.15) is 0 Å². The van der Waals surface area contributed by atoms with E-state index in [9.17, 15) is 13.2 Å². The van der Waals surface area contributed by atoms with Crippen LogP contribution in [0.2, 0.25) is 0 Å². The molecule has 0 atom stereocenters. The Morgan fingerprint density at radius 3 is 2.68 bits per heavy atom. The monoisotopic (exact) mass is 347 g/mol. The molecule has 2 N–H and O–H groups in total. The summed E-state index contributed by atoms with van der Waals surface area (Å²) in [7, 11) is -3.25. The van der Waals surface area contributed by atoms with Crippen LogP contribution in [0.4, 0.5) is 5.69 Å². The van der Waals surface area contributed by atoms with Crippen molar-refractivity contribution in [2.24, 2.45) is 0 Å². The molecule has 0 unspecified atom stereocenters. The molecule has 0 aliphatic carbocycles. The first-order valence-corrected chi connectivity index (χ1v) is 8.88. The maximum atomic E-state index is 12.0. The molecule has 1 aromatic rings. The van der Waals surface area contributed by atoms with Gasteiger partial charge in [-0.05, 0) is 36.7 Å². The Bertz CT molecular complexity index is 634. The van der Waals surface area contributed by atoms with Crippen molar-refractivity contribution in [2.75, 3.05) is 36.7 Å². The van der Waals surface area contributed by atoms with Crippen LogP contribution < -0.4 is 14.9 Å². The second-order valence-electron chi connectivity index (χ2n) is 5.04. The molecular weight excluding hydrogens is 326 g/mol. The van der Waals surface area contributed by atoms with Gasteiger partial charge < -0.3 is 10.6 Å².